The van der Waals surface area contributed by atoms with Crippen LogP contribution in [0.1, 0.15) is 82.3 Å². The van der Waals surface area contributed by atoms with E-state index < -0.39 is 6.04 Å². The zero-order chi connectivity index (χ0) is 22.7. The molecular formula is C26H37NO3. The van der Waals surface area contributed by atoms with Gasteiger partial charge >= 0.3 is 5.97 Å². The van der Waals surface area contributed by atoms with Gasteiger partial charge in [-0.05, 0) is 59.1 Å². The van der Waals surface area contributed by atoms with E-state index in [1.54, 1.807) is 0 Å². The number of hydrogen-bond acceptors (Lipinski definition) is 4. The number of benzene rings is 2. The highest BCUT2D eigenvalue weighted by Crippen LogP contribution is 2.41. The summed E-state index contributed by atoms with van der Waals surface area (Å²) in [6.45, 7) is 17.1. The van der Waals surface area contributed by atoms with E-state index in [2.05, 4.69) is 65.9 Å². The number of phenolic OH excluding ortho intramolecular Hbond substituents is 1. The van der Waals surface area contributed by atoms with Crippen LogP contribution < -0.4 is 5.32 Å². The molecule has 2 rings (SSSR count). The van der Waals surface area contributed by atoms with Gasteiger partial charge in [-0.15, -0.1) is 0 Å². The predicted molar refractivity (Wildman–Crippen MR) is 123 cm³/mol. The molecule has 0 fully saturated rings. The third kappa shape index (κ3) is 5.85. The lowest BCUT2D eigenvalue weighted by atomic mass is 9.77. The van der Waals surface area contributed by atoms with Gasteiger partial charge in [-0.3, -0.25) is 5.32 Å². The SMILES string of the molecule is CCOC(=O)C(NCc1cccc(C)c1)c1cc(C(C)(C)C)c(O)c(C(C)(C)C)c1. The van der Waals surface area contributed by atoms with E-state index in [1.807, 2.05) is 31.2 Å². The third-order valence-electron chi connectivity index (χ3n) is 5.20. The van der Waals surface area contributed by atoms with E-state index in [0.717, 1.165) is 22.3 Å². The fourth-order valence-corrected chi connectivity index (χ4v) is 3.57. The summed E-state index contributed by atoms with van der Waals surface area (Å²) >= 11 is 0. The van der Waals surface area contributed by atoms with Crippen molar-refractivity contribution in [3.8, 4) is 5.75 Å². The second-order valence-corrected chi connectivity index (χ2v) is 10.0. The smallest absolute Gasteiger partial charge is 0.327 e. The van der Waals surface area contributed by atoms with Crippen molar-refractivity contribution in [2.45, 2.75) is 78.8 Å². The van der Waals surface area contributed by atoms with Gasteiger partial charge in [-0.2, -0.15) is 0 Å². The van der Waals surface area contributed by atoms with E-state index in [4.69, 9.17) is 4.74 Å². The second-order valence-electron chi connectivity index (χ2n) is 10.0. The minimum atomic E-state index is -0.617. The van der Waals surface area contributed by atoms with Crippen molar-refractivity contribution < 1.29 is 14.6 Å². The van der Waals surface area contributed by atoms with Crippen LogP contribution in [-0.2, 0) is 26.9 Å². The summed E-state index contributed by atoms with van der Waals surface area (Å²) in [6, 6.07) is 11.5. The fraction of sp³-hybridized carbons (Fsp3) is 0.500. The number of aryl methyl sites for hydroxylation is 1. The van der Waals surface area contributed by atoms with Crippen LogP contribution in [0.25, 0.3) is 0 Å². The Morgan fingerprint density at radius 1 is 1.03 bits per heavy atom. The quantitative estimate of drug-likeness (QED) is 0.600. The molecule has 1 unspecified atom stereocenters. The molecule has 0 aliphatic rings. The second kappa shape index (κ2) is 9.22. The van der Waals surface area contributed by atoms with Gasteiger partial charge < -0.3 is 9.84 Å². The lowest BCUT2D eigenvalue weighted by Gasteiger charge is -2.29. The molecule has 0 saturated carbocycles. The van der Waals surface area contributed by atoms with E-state index >= 15 is 0 Å². The molecule has 0 bridgehead atoms. The topological polar surface area (TPSA) is 58.6 Å². The van der Waals surface area contributed by atoms with E-state index in [0.29, 0.717) is 18.9 Å². The van der Waals surface area contributed by atoms with Crippen molar-refractivity contribution >= 4 is 5.97 Å². The molecule has 164 valence electrons. The number of aromatic hydroxyl groups is 1. The maximum absolute atomic E-state index is 12.9. The summed E-state index contributed by atoms with van der Waals surface area (Å²) in [5.74, 6) is -0.00407. The van der Waals surface area contributed by atoms with Crippen molar-refractivity contribution in [1.82, 2.24) is 5.32 Å². The summed E-state index contributed by atoms with van der Waals surface area (Å²) in [4.78, 5) is 12.9. The molecule has 0 radical (unpaired) electrons. The predicted octanol–water partition coefficient (Wildman–Crippen LogP) is 5.69. The normalized spacial score (nSPS) is 13.2. The summed E-state index contributed by atoms with van der Waals surface area (Å²) in [6.07, 6.45) is 0. The Kier molecular flexibility index (Phi) is 7.36. The molecule has 2 aromatic rings. The van der Waals surface area contributed by atoms with Gasteiger partial charge in [0.15, 0.2) is 0 Å². The first-order valence-electron chi connectivity index (χ1n) is 10.7. The highest BCUT2D eigenvalue weighted by atomic mass is 16.5. The first kappa shape index (κ1) is 23.9. The van der Waals surface area contributed by atoms with Gasteiger partial charge in [0.25, 0.3) is 0 Å². The average molecular weight is 412 g/mol. The fourth-order valence-electron chi connectivity index (χ4n) is 3.57. The first-order valence-corrected chi connectivity index (χ1v) is 10.7. The molecule has 1 atom stereocenters. The molecule has 0 aliphatic carbocycles. The zero-order valence-corrected chi connectivity index (χ0v) is 19.7. The number of nitrogens with one attached hydrogen (secondary N) is 1. The molecule has 4 nitrogen and oxygen atoms in total. The summed E-state index contributed by atoms with van der Waals surface area (Å²) < 4.78 is 5.39. The van der Waals surface area contributed by atoms with Crippen molar-refractivity contribution in [2.24, 2.45) is 0 Å². The monoisotopic (exact) mass is 411 g/mol. The number of ether oxygens (including phenoxy) is 1. The number of esters is 1. The van der Waals surface area contributed by atoms with E-state index in [9.17, 15) is 9.90 Å². The molecule has 30 heavy (non-hydrogen) atoms. The van der Waals surface area contributed by atoms with Crippen LogP contribution in [0.4, 0.5) is 0 Å². The van der Waals surface area contributed by atoms with Gasteiger partial charge in [0, 0.05) is 6.54 Å². The van der Waals surface area contributed by atoms with Crippen molar-refractivity contribution in [3.63, 3.8) is 0 Å². The number of carbonyl (C=O) groups excluding carboxylic acids is 1. The van der Waals surface area contributed by atoms with Crippen LogP contribution in [0.15, 0.2) is 36.4 Å². The van der Waals surface area contributed by atoms with E-state index in [1.165, 1.54) is 5.56 Å². The minimum Gasteiger partial charge on any atom is -0.507 e. The molecule has 0 heterocycles. The Hall–Kier alpha value is -2.33. The summed E-state index contributed by atoms with van der Waals surface area (Å²) in [7, 11) is 0. The Balaban J connectivity index is 2.54. The highest BCUT2D eigenvalue weighted by Gasteiger charge is 2.30. The molecule has 0 spiro atoms. The van der Waals surface area contributed by atoms with Gasteiger partial charge in [0.05, 0.1) is 6.61 Å². The average Bonchev–Trinajstić information content (AvgIpc) is 2.61. The van der Waals surface area contributed by atoms with Gasteiger partial charge in [0.1, 0.15) is 11.8 Å². The molecule has 2 aromatic carbocycles. The third-order valence-corrected chi connectivity index (χ3v) is 5.20. The van der Waals surface area contributed by atoms with Gasteiger partial charge in [-0.1, -0.05) is 71.4 Å². The lowest BCUT2D eigenvalue weighted by molar-refractivity contribution is -0.145. The van der Waals surface area contributed by atoms with Crippen LogP contribution in [0, 0.1) is 6.92 Å². The van der Waals surface area contributed by atoms with Gasteiger partial charge in [0.2, 0.25) is 0 Å². The van der Waals surface area contributed by atoms with Crippen molar-refractivity contribution in [1.29, 1.82) is 0 Å². The maximum Gasteiger partial charge on any atom is 0.327 e. The standard InChI is InChI=1S/C26H37NO3/c1-9-30-24(29)22(27-16-18-12-10-11-17(2)13-18)19-14-20(25(3,4)5)23(28)21(15-19)26(6,7)8/h10-15,22,27-28H,9,16H2,1-8H3. The Labute approximate surface area is 181 Å². The number of rotatable bonds is 6. The van der Waals surface area contributed by atoms with E-state index in [-0.39, 0.29) is 16.8 Å². The number of hydrogen-bond donors (Lipinski definition) is 2. The molecule has 2 N–H and O–H groups in total. The Morgan fingerprint density at radius 3 is 2.07 bits per heavy atom. The highest BCUT2D eigenvalue weighted by molar-refractivity contribution is 5.78. The minimum absolute atomic E-state index is 0.268. The summed E-state index contributed by atoms with van der Waals surface area (Å²) in [5.41, 5.74) is 4.22. The molecular weight excluding hydrogens is 374 g/mol. The van der Waals surface area contributed by atoms with Crippen LogP contribution in [0.3, 0.4) is 0 Å². The van der Waals surface area contributed by atoms with Crippen molar-refractivity contribution in [3.05, 3.63) is 64.2 Å². The van der Waals surface area contributed by atoms with Crippen LogP contribution in [0.5, 0.6) is 5.75 Å². The Bertz CT molecular complexity index is 853. The molecule has 0 aliphatic heterocycles. The van der Waals surface area contributed by atoms with Crippen molar-refractivity contribution in [2.75, 3.05) is 6.61 Å². The van der Waals surface area contributed by atoms with Crippen LogP contribution in [0.2, 0.25) is 0 Å². The lowest BCUT2D eigenvalue weighted by Crippen LogP contribution is -2.31. The van der Waals surface area contributed by atoms with Crippen LogP contribution in [-0.4, -0.2) is 17.7 Å². The zero-order valence-electron chi connectivity index (χ0n) is 19.7. The molecule has 0 aromatic heterocycles. The summed E-state index contributed by atoms with van der Waals surface area (Å²) in [5, 5.41) is 14.4. The van der Waals surface area contributed by atoms with Gasteiger partial charge in [-0.25, -0.2) is 4.79 Å². The largest absolute Gasteiger partial charge is 0.507 e. The Morgan fingerprint density at radius 2 is 1.60 bits per heavy atom. The molecule has 4 heteroatoms. The molecule has 0 saturated heterocycles. The first-order chi connectivity index (χ1) is 13.8. The number of carbonyl (C=O) groups is 1. The number of phenols is 1. The maximum atomic E-state index is 12.9. The molecule has 0 amide bonds. The van der Waals surface area contributed by atoms with Crippen LogP contribution >= 0.6 is 0 Å².